The Hall–Kier alpha value is -1.03. The highest BCUT2D eigenvalue weighted by Crippen LogP contribution is 2.36. The van der Waals surface area contributed by atoms with Gasteiger partial charge in [-0.15, -0.1) is 0 Å². The summed E-state index contributed by atoms with van der Waals surface area (Å²) in [5.74, 6) is 0.0972. The molecule has 1 aliphatic rings. The molecule has 1 aliphatic heterocycles. The Morgan fingerprint density at radius 3 is 2.80 bits per heavy atom. The first-order valence-corrected chi connectivity index (χ1v) is 5.64. The van der Waals surface area contributed by atoms with E-state index in [-0.39, 0.29) is 11.9 Å². The van der Waals surface area contributed by atoms with E-state index in [1.54, 1.807) is 4.90 Å². The number of likely N-dealkylation sites (N-methyl/N-ethyl adjacent to an activating group) is 1. The van der Waals surface area contributed by atoms with E-state index in [2.05, 4.69) is 21.2 Å². The summed E-state index contributed by atoms with van der Waals surface area (Å²) in [5.41, 5.74) is 3.13. The number of rotatable bonds is 0. The molecule has 1 amide bonds. The summed E-state index contributed by atoms with van der Waals surface area (Å²) in [6, 6.07) is 3.85. The molecule has 1 aromatic carbocycles. The highest BCUT2D eigenvalue weighted by molar-refractivity contribution is 9.10. The van der Waals surface area contributed by atoms with Gasteiger partial charge < -0.3 is 10.2 Å². The van der Waals surface area contributed by atoms with Crippen molar-refractivity contribution in [3.05, 3.63) is 22.2 Å². The molecule has 15 heavy (non-hydrogen) atoms. The lowest BCUT2D eigenvalue weighted by Gasteiger charge is -2.32. The molecule has 1 heterocycles. The van der Waals surface area contributed by atoms with Crippen molar-refractivity contribution in [2.75, 3.05) is 17.3 Å². The number of fused-ring (bicyclic) bond motifs is 1. The van der Waals surface area contributed by atoms with Crippen molar-refractivity contribution in [3.63, 3.8) is 0 Å². The maximum absolute atomic E-state index is 11.8. The summed E-state index contributed by atoms with van der Waals surface area (Å²) >= 11 is 3.44. The Bertz CT molecular complexity index is 431. The molecule has 2 rings (SSSR count). The van der Waals surface area contributed by atoms with Gasteiger partial charge >= 0.3 is 0 Å². The minimum atomic E-state index is -0.151. The van der Waals surface area contributed by atoms with Crippen LogP contribution in [0.2, 0.25) is 0 Å². The number of hydrogen-bond donors (Lipinski definition) is 1. The lowest BCUT2D eigenvalue weighted by molar-refractivity contribution is -0.118. The van der Waals surface area contributed by atoms with E-state index in [4.69, 9.17) is 0 Å². The van der Waals surface area contributed by atoms with Crippen LogP contribution in [0.5, 0.6) is 0 Å². The van der Waals surface area contributed by atoms with Crippen LogP contribution >= 0.6 is 15.9 Å². The van der Waals surface area contributed by atoms with E-state index in [1.807, 2.05) is 33.0 Å². The maximum atomic E-state index is 11.8. The van der Waals surface area contributed by atoms with Gasteiger partial charge in [0.2, 0.25) is 5.91 Å². The number of nitrogens with zero attached hydrogens (tertiary/aromatic N) is 1. The van der Waals surface area contributed by atoms with Crippen molar-refractivity contribution in [1.29, 1.82) is 0 Å². The molecule has 1 atom stereocenters. The Morgan fingerprint density at radius 2 is 2.13 bits per heavy atom. The number of hydrogen-bond acceptors (Lipinski definition) is 2. The summed E-state index contributed by atoms with van der Waals surface area (Å²) in [5, 5.41) is 3.22. The quantitative estimate of drug-likeness (QED) is 0.785. The molecular formula is C11H13BrN2O. The van der Waals surface area contributed by atoms with Gasteiger partial charge in [-0.2, -0.15) is 0 Å². The fourth-order valence-electron chi connectivity index (χ4n) is 1.87. The minimum absolute atomic E-state index is 0.0972. The molecule has 1 aromatic rings. The van der Waals surface area contributed by atoms with Crippen LogP contribution in [0.4, 0.5) is 11.4 Å². The second-order valence-corrected chi connectivity index (χ2v) is 4.80. The average Bonchev–Trinajstić information content (AvgIpc) is 2.17. The SMILES string of the molecule is Cc1cc(Br)cc2c1NC(C)C(=O)N2C. The monoisotopic (exact) mass is 268 g/mol. The van der Waals surface area contributed by atoms with Gasteiger partial charge in [-0.05, 0) is 31.5 Å². The van der Waals surface area contributed by atoms with Crippen LogP contribution in [0.15, 0.2) is 16.6 Å². The smallest absolute Gasteiger partial charge is 0.248 e. The molecule has 0 saturated heterocycles. The summed E-state index contributed by atoms with van der Waals surface area (Å²) in [6.45, 7) is 3.91. The van der Waals surface area contributed by atoms with Crippen LogP contribution in [0.25, 0.3) is 0 Å². The van der Waals surface area contributed by atoms with Gasteiger partial charge in [-0.1, -0.05) is 15.9 Å². The molecule has 0 bridgehead atoms. The van der Waals surface area contributed by atoms with Crippen molar-refractivity contribution in [3.8, 4) is 0 Å². The molecule has 0 spiro atoms. The first-order valence-electron chi connectivity index (χ1n) is 4.85. The fraction of sp³-hybridized carbons (Fsp3) is 0.364. The summed E-state index contributed by atoms with van der Waals surface area (Å²) in [6.07, 6.45) is 0. The zero-order valence-electron chi connectivity index (χ0n) is 8.97. The van der Waals surface area contributed by atoms with Gasteiger partial charge in [0, 0.05) is 11.5 Å². The molecule has 80 valence electrons. The molecule has 4 heteroatoms. The topological polar surface area (TPSA) is 32.3 Å². The van der Waals surface area contributed by atoms with Gasteiger partial charge in [-0.25, -0.2) is 0 Å². The van der Waals surface area contributed by atoms with E-state index in [0.29, 0.717) is 0 Å². The van der Waals surface area contributed by atoms with E-state index in [1.165, 1.54) is 0 Å². The molecule has 1 unspecified atom stereocenters. The maximum Gasteiger partial charge on any atom is 0.248 e. The number of nitrogens with one attached hydrogen (secondary N) is 1. The van der Waals surface area contributed by atoms with Crippen molar-refractivity contribution >= 4 is 33.2 Å². The Morgan fingerprint density at radius 1 is 1.47 bits per heavy atom. The molecule has 0 aromatic heterocycles. The van der Waals surface area contributed by atoms with E-state index in [9.17, 15) is 4.79 Å². The first-order chi connectivity index (χ1) is 7.00. The first kappa shape index (κ1) is 10.5. The number of aryl methyl sites for hydroxylation is 1. The van der Waals surface area contributed by atoms with Crippen molar-refractivity contribution in [2.24, 2.45) is 0 Å². The predicted molar refractivity (Wildman–Crippen MR) is 65.4 cm³/mol. The third-order valence-electron chi connectivity index (χ3n) is 2.70. The molecule has 0 radical (unpaired) electrons. The zero-order chi connectivity index (χ0) is 11.2. The number of carbonyl (C=O) groups excluding carboxylic acids is 1. The van der Waals surface area contributed by atoms with Crippen LogP contribution in [0, 0.1) is 6.92 Å². The zero-order valence-corrected chi connectivity index (χ0v) is 10.6. The standard InChI is InChI=1S/C11H13BrN2O/c1-6-4-8(12)5-9-10(6)13-7(2)11(15)14(9)3/h4-5,7,13H,1-3H3. The number of carbonyl (C=O) groups is 1. The number of anilines is 2. The number of benzene rings is 1. The summed E-state index contributed by atoms with van der Waals surface area (Å²) < 4.78 is 0.995. The van der Waals surface area contributed by atoms with E-state index >= 15 is 0 Å². The molecule has 0 fully saturated rings. The van der Waals surface area contributed by atoms with Gasteiger partial charge in [0.15, 0.2) is 0 Å². The Labute approximate surface area is 97.6 Å². The van der Waals surface area contributed by atoms with Crippen molar-refractivity contribution < 1.29 is 4.79 Å². The van der Waals surface area contributed by atoms with Crippen LogP contribution < -0.4 is 10.2 Å². The molecule has 1 N–H and O–H groups in total. The van der Waals surface area contributed by atoms with Crippen LogP contribution in [0.3, 0.4) is 0 Å². The molecule has 0 saturated carbocycles. The summed E-state index contributed by atoms with van der Waals surface area (Å²) in [7, 11) is 1.81. The second kappa shape index (κ2) is 3.52. The van der Waals surface area contributed by atoms with Gasteiger partial charge in [0.05, 0.1) is 11.4 Å². The third kappa shape index (κ3) is 1.63. The lowest BCUT2D eigenvalue weighted by Crippen LogP contribution is -2.43. The van der Waals surface area contributed by atoms with Crippen LogP contribution in [-0.4, -0.2) is 19.0 Å². The van der Waals surface area contributed by atoms with Crippen molar-refractivity contribution in [1.82, 2.24) is 0 Å². The van der Waals surface area contributed by atoms with Gasteiger partial charge in [0.1, 0.15) is 6.04 Å². The molecule has 3 nitrogen and oxygen atoms in total. The van der Waals surface area contributed by atoms with E-state index in [0.717, 1.165) is 21.4 Å². The highest BCUT2D eigenvalue weighted by atomic mass is 79.9. The number of halogens is 1. The normalized spacial score (nSPS) is 19.9. The van der Waals surface area contributed by atoms with Gasteiger partial charge in [0.25, 0.3) is 0 Å². The van der Waals surface area contributed by atoms with Crippen LogP contribution in [-0.2, 0) is 4.79 Å². The third-order valence-corrected chi connectivity index (χ3v) is 3.16. The second-order valence-electron chi connectivity index (χ2n) is 3.88. The average molecular weight is 269 g/mol. The number of amides is 1. The van der Waals surface area contributed by atoms with Crippen molar-refractivity contribution in [2.45, 2.75) is 19.9 Å². The molecular weight excluding hydrogens is 256 g/mol. The summed E-state index contributed by atoms with van der Waals surface area (Å²) in [4.78, 5) is 13.5. The molecule has 0 aliphatic carbocycles. The van der Waals surface area contributed by atoms with Crippen LogP contribution in [0.1, 0.15) is 12.5 Å². The predicted octanol–water partition coefficient (Wildman–Crippen LogP) is 2.53. The van der Waals surface area contributed by atoms with Gasteiger partial charge in [-0.3, -0.25) is 4.79 Å². The largest absolute Gasteiger partial charge is 0.372 e. The minimum Gasteiger partial charge on any atom is -0.372 e. The Balaban J connectivity index is 2.60. The lowest BCUT2D eigenvalue weighted by atomic mass is 10.1. The Kier molecular flexibility index (Phi) is 2.46. The highest BCUT2D eigenvalue weighted by Gasteiger charge is 2.27. The fourth-order valence-corrected chi connectivity index (χ4v) is 2.43. The van der Waals surface area contributed by atoms with E-state index < -0.39 is 0 Å².